The third-order valence-corrected chi connectivity index (χ3v) is 5.09. The van der Waals surface area contributed by atoms with Gasteiger partial charge in [0.05, 0.1) is 9.92 Å². The highest BCUT2D eigenvalue weighted by molar-refractivity contribution is 7.89. The Kier molecular flexibility index (Phi) is 4.51. The Morgan fingerprint density at radius 3 is 2.60 bits per heavy atom. The van der Waals surface area contributed by atoms with Gasteiger partial charge in [-0.25, -0.2) is 12.8 Å². The van der Waals surface area contributed by atoms with Crippen molar-refractivity contribution in [1.82, 2.24) is 10.3 Å². The molecule has 9 heteroatoms. The van der Waals surface area contributed by atoms with E-state index in [1.54, 1.807) is 31.2 Å². The first-order valence-electron chi connectivity index (χ1n) is 7.05. The van der Waals surface area contributed by atoms with Gasteiger partial charge in [-0.3, -0.25) is 10.2 Å². The summed E-state index contributed by atoms with van der Waals surface area (Å²) in [5.41, 5.74) is 3.16. The van der Waals surface area contributed by atoms with E-state index in [1.165, 1.54) is 0 Å². The maximum atomic E-state index is 13.1. The Balaban J connectivity index is 1.81. The first-order chi connectivity index (χ1) is 11.8. The minimum atomic E-state index is -4.12. The number of para-hydroxylation sites is 1. The zero-order chi connectivity index (χ0) is 18.2. The number of carbonyl (C=O) groups excluding carboxylic acids is 1. The van der Waals surface area contributed by atoms with Crippen molar-refractivity contribution in [3.8, 4) is 0 Å². The molecule has 2 aromatic carbocycles. The van der Waals surface area contributed by atoms with Crippen LogP contribution in [-0.4, -0.2) is 14.3 Å². The first kappa shape index (κ1) is 17.4. The predicted octanol–water partition coefficient (Wildman–Crippen LogP) is 3.16. The van der Waals surface area contributed by atoms with Crippen LogP contribution < -0.4 is 10.3 Å². The van der Waals surface area contributed by atoms with E-state index in [4.69, 9.17) is 16.0 Å². The molecule has 0 aliphatic rings. The second kappa shape index (κ2) is 6.47. The molecule has 0 bridgehead atoms. The highest BCUT2D eigenvalue weighted by Crippen LogP contribution is 2.24. The molecule has 0 spiro atoms. The summed E-state index contributed by atoms with van der Waals surface area (Å²) >= 11 is 5.57. The number of halogens is 2. The molecule has 130 valence electrons. The van der Waals surface area contributed by atoms with Crippen LogP contribution in [0.1, 0.15) is 16.1 Å². The third-order valence-electron chi connectivity index (χ3n) is 3.55. The van der Waals surface area contributed by atoms with Gasteiger partial charge >= 0.3 is 5.91 Å². The van der Waals surface area contributed by atoms with Crippen molar-refractivity contribution in [2.75, 3.05) is 0 Å². The van der Waals surface area contributed by atoms with Gasteiger partial charge in [-0.1, -0.05) is 29.8 Å². The maximum absolute atomic E-state index is 13.1. The highest BCUT2D eigenvalue weighted by Gasteiger charge is 2.21. The minimum Gasteiger partial charge on any atom is -0.451 e. The van der Waals surface area contributed by atoms with E-state index in [9.17, 15) is 17.6 Å². The number of furan rings is 1. The molecule has 3 aromatic rings. The summed E-state index contributed by atoms with van der Waals surface area (Å²) in [5.74, 6) is -1.52. The summed E-state index contributed by atoms with van der Waals surface area (Å²) in [4.78, 5) is 13.8. The second-order valence-electron chi connectivity index (χ2n) is 5.19. The van der Waals surface area contributed by atoms with Crippen LogP contribution in [0.4, 0.5) is 4.39 Å². The Morgan fingerprint density at radius 2 is 1.92 bits per heavy atom. The van der Waals surface area contributed by atoms with E-state index in [0.717, 1.165) is 23.6 Å². The topological polar surface area (TPSA) is 88.4 Å². The number of nitrogens with one attached hydrogen (secondary N) is 2. The van der Waals surface area contributed by atoms with Crippen LogP contribution in [0.15, 0.2) is 51.8 Å². The lowest BCUT2D eigenvalue weighted by Gasteiger charge is -2.08. The van der Waals surface area contributed by atoms with Crippen molar-refractivity contribution in [1.29, 1.82) is 0 Å². The van der Waals surface area contributed by atoms with Gasteiger partial charge < -0.3 is 4.42 Å². The predicted molar refractivity (Wildman–Crippen MR) is 90.1 cm³/mol. The smallest absolute Gasteiger partial charge is 0.302 e. The SMILES string of the molecule is Cc1c(C(=O)NNS(=O)(=O)c2ccc(F)c(Cl)c2)oc2ccccc12. The van der Waals surface area contributed by atoms with Gasteiger partial charge in [0, 0.05) is 10.9 Å². The fourth-order valence-electron chi connectivity index (χ4n) is 2.26. The van der Waals surface area contributed by atoms with E-state index >= 15 is 0 Å². The van der Waals surface area contributed by atoms with Crippen LogP contribution in [0.5, 0.6) is 0 Å². The van der Waals surface area contributed by atoms with Crippen LogP contribution in [0.25, 0.3) is 11.0 Å². The lowest BCUT2D eigenvalue weighted by Crippen LogP contribution is -2.41. The number of aryl methyl sites for hydroxylation is 1. The van der Waals surface area contributed by atoms with Gasteiger partial charge in [-0.05, 0) is 31.2 Å². The quantitative estimate of drug-likeness (QED) is 0.678. The second-order valence-corrected chi connectivity index (χ2v) is 7.28. The Hall–Kier alpha value is -2.42. The molecule has 0 fully saturated rings. The Bertz CT molecular complexity index is 1080. The van der Waals surface area contributed by atoms with Crippen LogP contribution in [0.3, 0.4) is 0 Å². The van der Waals surface area contributed by atoms with Crippen LogP contribution in [0, 0.1) is 12.7 Å². The highest BCUT2D eigenvalue weighted by atomic mass is 35.5. The average Bonchev–Trinajstić information content (AvgIpc) is 2.92. The molecule has 0 unspecified atom stereocenters. The number of hydrogen-bond acceptors (Lipinski definition) is 4. The van der Waals surface area contributed by atoms with E-state index in [1.807, 2.05) is 4.83 Å². The van der Waals surface area contributed by atoms with E-state index in [2.05, 4.69) is 5.43 Å². The van der Waals surface area contributed by atoms with Crippen molar-refractivity contribution in [3.63, 3.8) is 0 Å². The van der Waals surface area contributed by atoms with Crippen molar-refractivity contribution in [3.05, 3.63) is 64.6 Å². The monoisotopic (exact) mass is 382 g/mol. The molecule has 1 amide bonds. The minimum absolute atomic E-state index is 0.0129. The van der Waals surface area contributed by atoms with Crippen molar-refractivity contribution in [2.45, 2.75) is 11.8 Å². The molecule has 1 aromatic heterocycles. The number of rotatable bonds is 4. The molecule has 0 aliphatic heterocycles. The standard InChI is InChI=1S/C16H12ClFN2O4S/c1-9-11-4-2-3-5-14(11)24-15(9)16(21)19-20-25(22,23)10-6-7-13(18)12(17)8-10/h2-8,20H,1H3,(H,19,21). The lowest BCUT2D eigenvalue weighted by atomic mass is 10.1. The van der Waals surface area contributed by atoms with Crippen molar-refractivity contribution >= 4 is 38.5 Å². The molecular formula is C16H12ClFN2O4S. The van der Waals surface area contributed by atoms with Gasteiger partial charge in [0.25, 0.3) is 10.0 Å². The largest absolute Gasteiger partial charge is 0.451 e. The fraction of sp³-hybridized carbons (Fsp3) is 0.0625. The van der Waals surface area contributed by atoms with Gasteiger partial charge in [0.2, 0.25) is 0 Å². The summed E-state index contributed by atoms with van der Waals surface area (Å²) in [6.45, 7) is 1.69. The molecule has 2 N–H and O–H groups in total. The summed E-state index contributed by atoms with van der Waals surface area (Å²) < 4.78 is 42.9. The molecule has 0 atom stereocenters. The molecular weight excluding hydrogens is 371 g/mol. The molecule has 0 saturated carbocycles. The molecule has 25 heavy (non-hydrogen) atoms. The molecule has 0 aliphatic carbocycles. The number of fused-ring (bicyclic) bond motifs is 1. The van der Waals surface area contributed by atoms with Crippen LogP contribution in [0.2, 0.25) is 5.02 Å². The lowest BCUT2D eigenvalue weighted by molar-refractivity contribution is 0.0918. The number of benzene rings is 2. The summed E-state index contributed by atoms with van der Waals surface area (Å²) in [7, 11) is -4.12. The molecule has 0 radical (unpaired) electrons. The van der Waals surface area contributed by atoms with Gasteiger partial charge in [-0.15, -0.1) is 4.83 Å². The molecule has 6 nitrogen and oxygen atoms in total. The van der Waals surface area contributed by atoms with Crippen LogP contribution >= 0.6 is 11.6 Å². The number of hydrogen-bond donors (Lipinski definition) is 2. The zero-order valence-electron chi connectivity index (χ0n) is 12.8. The molecule has 3 rings (SSSR count). The van der Waals surface area contributed by atoms with Crippen molar-refractivity contribution < 1.29 is 22.0 Å². The summed E-state index contributed by atoms with van der Waals surface area (Å²) in [6.07, 6.45) is 0. The number of hydrazine groups is 1. The van der Waals surface area contributed by atoms with Crippen molar-refractivity contribution in [2.24, 2.45) is 0 Å². The zero-order valence-corrected chi connectivity index (χ0v) is 14.4. The van der Waals surface area contributed by atoms with Gasteiger partial charge in [-0.2, -0.15) is 0 Å². The van der Waals surface area contributed by atoms with E-state index in [-0.39, 0.29) is 15.7 Å². The van der Waals surface area contributed by atoms with E-state index in [0.29, 0.717) is 11.1 Å². The fourth-order valence-corrected chi connectivity index (χ4v) is 3.37. The van der Waals surface area contributed by atoms with Crippen LogP contribution in [-0.2, 0) is 10.0 Å². The number of carbonyl (C=O) groups is 1. The van der Waals surface area contributed by atoms with Gasteiger partial charge in [0.15, 0.2) is 5.76 Å². The van der Waals surface area contributed by atoms with Gasteiger partial charge in [0.1, 0.15) is 11.4 Å². The van der Waals surface area contributed by atoms with E-state index < -0.39 is 21.7 Å². The first-order valence-corrected chi connectivity index (χ1v) is 8.91. The molecule has 0 saturated heterocycles. The summed E-state index contributed by atoms with van der Waals surface area (Å²) in [6, 6.07) is 9.93. The summed E-state index contributed by atoms with van der Waals surface area (Å²) in [5, 5.41) is 0.406. The molecule has 1 heterocycles. The Labute approximate surface area is 147 Å². The number of sulfonamides is 1. The average molecular weight is 383 g/mol. The third kappa shape index (κ3) is 3.37. The maximum Gasteiger partial charge on any atom is 0.302 e. The number of amides is 1. The normalized spacial score (nSPS) is 11.6. The Morgan fingerprint density at radius 1 is 1.20 bits per heavy atom.